The molecule has 0 unspecified atom stereocenters. The Bertz CT molecular complexity index is 536. The third kappa shape index (κ3) is 2.25. The molecule has 0 bridgehead atoms. The van der Waals surface area contributed by atoms with Crippen molar-refractivity contribution in [1.82, 2.24) is 14.8 Å². The lowest BCUT2D eigenvalue weighted by Crippen LogP contribution is -2.03. The molecule has 0 radical (unpaired) electrons. The Labute approximate surface area is 97.3 Å². The molecule has 0 aliphatic rings. The first-order valence-corrected chi connectivity index (χ1v) is 5.11. The van der Waals surface area contributed by atoms with Crippen LogP contribution in [0.25, 0.3) is 0 Å². The Morgan fingerprint density at radius 3 is 2.59 bits per heavy atom. The van der Waals surface area contributed by atoms with Crippen molar-refractivity contribution in [2.75, 3.05) is 12.4 Å². The van der Waals surface area contributed by atoms with Crippen molar-refractivity contribution >= 4 is 5.95 Å². The average Bonchev–Trinajstić information content (AvgIpc) is 2.65. The number of anilines is 1. The second-order valence-electron chi connectivity index (χ2n) is 3.67. The van der Waals surface area contributed by atoms with Crippen LogP contribution in [0.3, 0.4) is 0 Å². The van der Waals surface area contributed by atoms with Crippen LogP contribution in [0, 0.1) is 11.6 Å². The zero-order valence-electron chi connectivity index (χ0n) is 9.54. The smallest absolute Gasteiger partial charge is 0.224 e. The molecule has 17 heavy (non-hydrogen) atoms. The van der Waals surface area contributed by atoms with Crippen LogP contribution in [0.1, 0.15) is 11.4 Å². The van der Waals surface area contributed by atoms with Crippen LogP contribution in [0.2, 0.25) is 0 Å². The first-order chi connectivity index (χ1) is 8.11. The first kappa shape index (κ1) is 11.5. The van der Waals surface area contributed by atoms with E-state index in [0.29, 0.717) is 23.8 Å². The van der Waals surface area contributed by atoms with Crippen molar-refractivity contribution in [2.24, 2.45) is 7.05 Å². The maximum absolute atomic E-state index is 13.0. The zero-order chi connectivity index (χ0) is 12.4. The number of benzene rings is 1. The summed E-state index contributed by atoms with van der Waals surface area (Å²) in [5.41, 5.74) is 0.655. The summed E-state index contributed by atoms with van der Waals surface area (Å²) < 4.78 is 27.5. The Morgan fingerprint density at radius 2 is 2.00 bits per heavy atom. The summed E-state index contributed by atoms with van der Waals surface area (Å²) in [4.78, 5) is 0. The van der Waals surface area contributed by atoms with Crippen LogP contribution in [-0.4, -0.2) is 21.8 Å². The van der Waals surface area contributed by atoms with Gasteiger partial charge in [0, 0.05) is 20.5 Å². The van der Waals surface area contributed by atoms with Gasteiger partial charge in [-0.1, -0.05) is 6.07 Å². The maximum atomic E-state index is 13.0. The minimum atomic E-state index is -0.849. The summed E-state index contributed by atoms with van der Waals surface area (Å²) in [5, 5.41) is 10.7. The minimum absolute atomic E-state index is 0.405. The molecule has 0 saturated carbocycles. The van der Waals surface area contributed by atoms with E-state index in [1.165, 1.54) is 12.1 Å². The minimum Gasteiger partial charge on any atom is -0.357 e. The molecule has 1 aromatic carbocycles. The fourth-order valence-corrected chi connectivity index (χ4v) is 1.57. The summed E-state index contributed by atoms with van der Waals surface area (Å²) in [6.45, 7) is 0. The molecule has 4 nitrogen and oxygen atoms in total. The average molecular weight is 238 g/mol. The van der Waals surface area contributed by atoms with Gasteiger partial charge in [0.1, 0.15) is 5.82 Å². The van der Waals surface area contributed by atoms with Crippen molar-refractivity contribution in [3.8, 4) is 0 Å². The SMILES string of the molecule is CNc1nnc(Cc2ccc(F)c(F)c2)n1C. The van der Waals surface area contributed by atoms with Crippen LogP contribution < -0.4 is 5.32 Å². The summed E-state index contributed by atoms with van der Waals surface area (Å²) in [7, 11) is 3.55. The molecule has 6 heteroatoms. The zero-order valence-corrected chi connectivity index (χ0v) is 9.54. The molecule has 1 N–H and O–H groups in total. The van der Waals surface area contributed by atoms with Gasteiger partial charge in [-0.3, -0.25) is 0 Å². The third-order valence-corrected chi connectivity index (χ3v) is 2.53. The molecule has 1 heterocycles. The topological polar surface area (TPSA) is 42.7 Å². The van der Waals surface area contributed by atoms with Gasteiger partial charge in [-0.2, -0.15) is 0 Å². The van der Waals surface area contributed by atoms with Gasteiger partial charge in [-0.25, -0.2) is 8.78 Å². The first-order valence-electron chi connectivity index (χ1n) is 5.11. The van der Waals surface area contributed by atoms with E-state index in [1.54, 1.807) is 18.7 Å². The predicted octanol–water partition coefficient (Wildman–Crippen LogP) is 1.73. The predicted molar refractivity (Wildman–Crippen MR) is 59.7 cm³/mol. The Balaban J connectivity index is 2.25. The maximum Gasteiger partial charge on any atom is 0.224 e. The highest BCUT2D eigenvalue weighted by Crippen LogP contribution is 2.13. The lowest BCUT2D eigenvalue weighted by Gasteiger charge is -2.03. The van der Waals surface area contributed by atoms with E-state index >= 15 is 0 Å². The molecule has 2 aromatic rings. The summed E-state index contributed by atoms with van der Waals surface area (Å²) in [5.74, 6) is -0.385. The molecule has 90 valence electrons. The van der Waals surface area contributed by atoms with E-state index in [1.807, 2.05) is 0 Å². The van der Waals surface area contributed by atoms with Gasteiger partial charge >= 0.3 is 0 Å². The third-order valence-electron chi connectivity index (χ3n) is 2.53. The summed E-state index contributed by atoms with van der Waals surface area (Å²) >= 11 is 0. The standard InChI is InChI=1S/C11H12F2N4/c1-14-11-16-15-10(17(11)2)6-7-3-4-8(12)9(13)5-7/h3-5H,6H2,1-2H3,(H,14,16). The molecule has 0 aliphatic heterocycles. The van der Waals surface area contributed by atoms with E-state index in [9.17, 15) is 8.78 Å². The molecule has 0 spiro atoms. The van der Waals surface area contributed by atoms with Gasteiger partial charge in [0.2, 0.25) is 5.95 Å². The van der Waals surface area contributed by atoms with Crippen LogP contribution in [0.4, 0.5) is 14.7 Å². The fourth-order valence-electron chi connectivity index (χ4n) is 1.57. The fraction of sp³-hybridized carbons (Fsp3) is 0.273. The van der Waals surface area contributed by atoms with Crippen molar-refractivity contribution in [3.05, 3.63) is 41.2 Å². The van der Waals surface area contributed by atoms with Gasteiger partial charge in [0.25, 0.3) is 0 Å². The molecule has 0 fully saturated rings. The number of nitrogens with one attached hydrogen (secondary N) is 1. The lowest BCUT2D eigenvalue weighted by atomic mass is 10.1. The highest BCUT2D eigenvalue weighted by atomic mass is 19.2. The number of halogens is 2. The number of aromatic nitrogens is 3. The number of hydrogen-bond donors (Lipinski definition) is 1. The van der Waals surface area contributed by atoms with E-state index in [4.69, 9.17) is 0 Å². The van der Waals surface area contributed by atoms with Crippen LogP contribution in [0.5, 0.6) is 0 Å². The van der Waals surface area contributed by atoms with Crippen molar-refractivity contribution in [2.45, 2.75) is 6.42 Å². The van der Waals surface area contributed by atoms with E-state index < -0.39 is 11.6 Å². The van der Waals surface area contributed by atoms with Crippen molar-refractivity contribution < 1.29 is 8.78 Å². The van der Waals surface area contributed by atoms with Gasteiger partial charge in [0.05, 0.1) is 0 Å². The molecule has 1 aromatic heterocycles. The second-order valence-corrected chi connectivity index (χ2v) is 3.67. The molecule has 0 amide bonds. The number of rotatable bonds is 3. The molecular weight excluding hydrogens is 226 g/mol. The molecule has 0 atom stereocenters. The largest absolute Gasteiger partial charge is 0.357 e. The molecule has 0 aliphatic carbocycles. The van der Waals surface area contributed by atoms with Crippen LogP contribution >= 0.6 is 0 Å². The molecule has 0 saturated heterocycles. The number of hydrogen-bond acceptors (Lipinski definition) is 3. The molecule has 2 rings (SSSR count). The van der Waals surface area contributed by atoms with E-state index in [2.05, 4.69) is 15.5 Å². The molecular formula is C11H12F2N4. The van der Waals surface area contributed by atoms with E-state index in [-0.39, 0.29) is 0 Å². The lowest BCUT2D eigenvalue weighted by molar-refractivity contribution is 0.507. The summed E-state index contributed by atoms with van der Waals surface area (Å²) in [6, 6.07) is 3.81. The Kier molecular flexibility index (Phi) is 3.03. The normalized spacial score (nSPS) is 10.6. The second kappa shape index (κ2) is 4.48. The van der Waals surface area contributed by atoms with Gasteiger partial charge < -0.3 is 9.88 Å². The quantitative estimate of drug-likeness (QED) is 0.885. The van der Waals surface area contributed by atoms with Crippen LogP contribution in [0.15, 0.2) is 18.2 Å². The van der Waals surface area contributed by atoms with Gasteiger partial charge in [0.15, 0.2) is 11.6 Å². The Hall–Kier alpha value is -1.98. The van der Waals surface area contributed by atoms with Crippen molar-refractivity contribution in [1.29, 1.82) is 0 Å². The van der Waals surface area contributed by atoms with Gasteiger partial charge in [-0.05, 0) is 17.7 Å². The Morgan fingerprint density at radius 1 is 1.24 bits per heavy atom. The number of nitrogens with zero attached hydrogens (tertiary/aromatic N) is 3. The highest BCUT2D eigenvalue weighted by Gasteiger charge is 2.09. The van der Waals surface area contributed by atoms with Crippen LogP contribution in [-0.2, 0) is 13.5 Å². The van der Waals surface area contributed by atoms with E-state index in [0.717, 1.165) is 6.07 Å². The van der Waals surface area contributed by atoms with Crippen molar-refractivity contribution in [3.63, 3.8) is 0 Å². The summed E-state index contributed by atoms with van der Waals surface area (Å²) in [6.07, 6.45) is 0.405. The highest BCUT2D eigenvalue weighted by molar-refractivity contribution is 5.27. The van der Waals surface area contributed by atoms with Gasteiger partial charge in [-0.15, -0.1) is 10.2 Å². The monoisotopic (exact) mass is 238 g/mol.